The van der Waals surface area contributed by atoms with Crippen LogP contribution in [0, 0.1) is 5.92 Å². The van der Waals surface area contributed by atoms with E-state index in [1.807, 2.05) is 25.1 Å². The Labute approximate surface area is 112 Å². The molecular weight excluding hydrogens is 244 g/mol. The lowest BCUT2D eigenvalue weighted by Gasteiger charge is -2.15. The average molecular weight is 264 g/mol. The van der Waals surface area contributed by atoms with Crippen molar-refractivity contribution >= 4 is 11.9 Å². The van der Waals surface area contributed by atoms with Crippen molar-refractivity contribution in [2.45, 2.75) is 25.8 Å². The monoisotopic (exact) mass is 264 g/mol. The summed E-state index contributed by atoms with van der Waals surface area (Å²) in [6.45, 7) is 2.34. The molecule has 5 nitrogen and oxygen atoms in total. The predicted octanol–water partition coefficient (Wildman–Crippen LogP) is 1.30. The molecule has 4 N–H and O–H groups in total. The normalized spacial score (nSPS) is 13.6. The fraction of sp³-hybridized carbons (Fsp3) is 0.429. The van der Waals surface area contributed by atoms with E-state index in [0.717, 1.165) is 5.56 Å². The van der Waals surface area contributed by atoms with Crippen LogP contribution in [0.15, 0.2) is 30.3 Å². The molecule has 1 aromatic rings. The zero-order valence-electron chi connectivity index (χ0n) is 11.0. The van der Waals surface area contributed by atoms with Gasteiger partial charge in [0.15, 0.2) is 0 Å². The Morgan fingerprint density at radius 2 is 1.95 bits per heavy atom. The summed E-state index contributed by atoms with van der Waals surface area (Å²) in [6.07, 6.45) is 0.651. The molecule has 0 aliphatic heterocycles. The number of benzene rings is 1. The Morgan fingerprint density at radius 3 is 2.53 bits per heavy atom. The van der Waals surface area contributed by atoms with Crippen LogP contribution in [-0.2, 0) is 9.59 Å². The Hall–Kier alpha value is -1.88. The van der Waals surface area contributed by atoms with Crippen LogP contribution < -0.4 is 11.1 Å². The Bertz CT molecular complexity index is 420. The van der Waals surface area contributed by atoms with E-state index in [0.29, 0.717) is 13.0 Å². The average Bonchev–Trinajstić information content (AvgIpc) is 2.42. The number of hydrogen-bond donors (Lipinski definition) is 3. The third-order valence-corrected chi connectivity index (χ3v) is 2.92. The van der Waals surface area contributed by atoms with E-state index in [4.69, 9.17) is 10.8 Å². The van der Waals surface area contributed by atoms with Gasteiger partial charge in [0.1, 0.15) is 6.04 Å². The first-order chi connectivity index (χ1) is 9.00. The fourth-order valence-electron chi connectivity index (χ4n) is 1.67. The van der Waals surface area contributed by atoms with Crippen LogP contribution in [0.3, 0.4) is 0 Å². The van der Waals surface area contributed by atoms with Crippen LogP contribution in [0.1, 0.15) is 31.4 Å². The van der Waals surface area contributed by atoms with Crippen molar-refractivity contribution in [2.75, 3.05) is 6.54 Å². The number of carboxylic acids is 1. The number of hydrogen-bond acceptors (Lipinski definition) is 3. The first-order valence-electron chi connectivity index (χ1n) is 6.30. The zero-order valence-corrected chi connectivity index (χ0v) is 11.0. The third-order valence-electron chi connectivity index (χ3n) is 2.92. The molecule has 1 rings (SSSR count). The van der Waals surface area contributed by atoms with Crippen LogP contribution in [-0.4, -0.2) is 23.5 Å². The maximum atomic E-state index is 11.8. The van der Waals surface area contributed by atoms with Gasteiger partial charge in [0.25, 0.3) is 0 Å². The van der Waals surface area contributed by atoms with E-state index in [9.17, 15) is 9.59 Å². The summed E-state index contributed by atoms with van der Waals surface area (Å²) < 4.78 is 0. The molecule has 0 fully saturated rings. The number of aliphatic carboxylic acids is 1. The van der Waals surface area contributed by atoms with Gasteiger partial charge < -0.3 is 16.2 Å². The maximum absolute atomic E-state index is 11.8. The molecule has 0 aliphatic carbocycles. The molecule has 0 aromatic heterocycles. The minimum atomic E-state index is -0.820. The van der Waals surface area contributed by atoms with Gasteiger partial charge in [-0.25, -0.2) is 0 Å². The van der Waals surface area contributed by atoms with Crippen molar-refractivity contribution in [2.24, 2.45) is 11.7 Å². The summed E-state index contributed by atoms with van der Waals surface area (Å²) in [7, 11) is 0. The van der Waals surface area contributed by atoms with Gasteiger partial charge in [-0.2, -0.15) is 0 Å². The lowest BCUT2D eigenvalue weighted by Crippen LogP contribution is -2.36. The van der Waals surface area contributed by atoms with E-state index < -0.39 is 12.0 Å². The quantitative estimate of drug-likeness (QED) is 0.692. The number of carbonyl (C=O) groups excluding carboxylic acids is 1. The molecule has 1 unspecified atom stereocenters. The number of carbonyl (C=O) groups is 2. The molecule has 0 spiro atoms. The summed E-state index contributed by atoms with van der Waals surface area (Å²) >= 11 is 0. The van der Waals surface area contributed by atoms with Crippen molar-refractivity contribution in [3.8, 4) is 0 Å². The molecule has 1 amide bonds. The van der Waals surface area contributed by atoms with Crippen molar-refractivity contribution in [1.29, 1.82) is 0 Å². The van der Waals surface area contributed by atoms with Crippen molar-refractivity contribution in [1.82, 2.24) is 5.32 Å². The van der Waals surface area contributed by atoms with Crippen LogP contribution >= 0.6 is 0 Å². The molecule has 0 radical (unpaired) electrons. The topological polar surface area (TPSA) is 92.4 Å². The molecule has 2 atom stereocenters. The molecule has 19 heavy (non-hydrogen) atoms. The van der Waals surface area contributed by atoms with Gasteiger partial charge >= 0.3 is 5.97 Å². The lowest BCUT2D eigenvalue weighted by atomic mass is 10.0. The van der Waals surface area contributed by atoms with E-state index in [1.54, 1.807) is 12.1 Å². The smallest absolute Gasteiger partial charge is 0.303 e. The van der Waals surface area contributed by atoms with Crippen LogP contribution in [0.5, 0.6) is 0 Å². The van der Waals surface area contributed by atoms with Crippen molar-refractivity contribution in [3.63, 3.8) is 0 Å². The first kappa shape index (κ1) is 15.2. The molecular formula is C14H20N2O3. The van der Waals surface area contributed by atoms with Gasteiger partial charge in [-0.05, 0) is 17.9 Å². The van der Waals surface area contributed by atoms with Crippen LogP contribution in [0.4, 0.5) is 0 Å². The summed E-state index contributed by atoms with van der Waals surface area (Å²) in [6, 6.07) is 8.45. The number of nitrogens with one attached hydrogen (secondary N) is 1. The third kappa shape index (κ3) is 5.52. The van der Waals surface area contributed by atoms with Crippen LogP contribution in [0.2, 0.25) is 0 Å². The van der Waals surface area contributed by atoms with E-state index in [2.05, 4.69) is 5.32 Å². The number of nitrogens with two attached hydrogens (primary N) is 1. The molecule has 104 valence electrons. The van der Waals surface area contributed by atoms with Gasteiger partial charge in [0.2, 0.25) is 5.91 Å². The van der Waals surface area contributed by atoms with E-state index in [1.165, 1.54) is 0 Å². The van der Waals surface area contributed by atoms with Gasteiger partial charge in [-0.3, -0.25) is 9.59 Å². The summed E-state index contributed by atoms with van der Waals surface area (Å²) in [5, 5.41) is 11.3. The zero-order chi connectivity index (χ0) is 14.3. The largest absolute Gasteiger partial charge is 0.481 e. The molecule has 0 heterocycles. The number of amides is 1. The second-order valence-electron chi connectivity index (χ2n) is 4.67. The maximum Gasteiger partial charge on any atom is 0.303 e. The highest BCUT2D eigenvalue weighted by Crippen LogP contribution is 2.10. The summed E-state index contributed by atoms with van der Waals surface area (Å²) in [5.41, 5.74) is 6.60. The minimum Gasteiger partial charge on any atom is -0.481 e. The Balaban J connectivity index is 2.37. The second-order valence-corrected chi connectivity index (χ2v) is 4.67. The molecule has 5 heteroatoms. The first-order valence-corrected chi connectivity index (χ1v) is 6.30. The molecule has 0 bridgehead atoms. The number of carboxylic acid groups (broad SMARTS) is 1. The standard InChI is InChI=1S/C14H20N2O3/c1-10(7-8-12(17)18)9-16-14(19)13(15)11-5-3-2-4-6-11/h2-6,10,13H,7-9,15H2,1H3,(H,16,19)(H,17,18)/t10?,13-/m0/s1. The lowest BCUT2D eigenvalue weighted by molar-refractivity contribution is -0.137. The van der Waals surface area contributed by atoms with E-state index >= 15 is 0 Å². The van der Waals surface area contributed by atoms with Crippen molar-refractivity contribution < 1.29 is 14.7 Å². The second kappa shape index (κ2) is 7.53. The van der Waals surface area contributed by atoms with Crippen LogP contribution in [0.25, 0.3) is 0 Å². The summed E-state index contributed by atoms with van der Waals surface area (Å²) in [4.78, 5) is 22.3. The van der Waals surface area contributed by atoms with Gasteiger partial charge in [0, 0.05) is 13.0 Å². The fourth-order valence-corrected chi connectivity index (χ4v) is 1.67. The van der Waals surface area contributed by atoms with Gasteiger partial charge in [0.05, 0.1) is 0 Å². The van der Waals surface area contributed by atoms with Crippen molar-refractivity contribution in [3.05, 3.63) is 35.9 Å². The van der Waals surface area contributed by atoms with Gasteiger partial charge in [-0.15, -0.1) is 0 Å². The SMILES string of the molecule is CC(CCC(=O)O)CNC(=O)[C@@H](N)c1ccccc1. The summed E-state index contributed by atoms with van der Waals surface area (Å²) in [5.74, 6) is -0.949. The Morgan fingerprint density at radius 1 is 1.32 bits per heavy atom. The predicted molar refractivity (Wildman–Crippen MR) is 72.4 cm³/mol. The van der Waals surface area contributed by atoms with E-state index in [-0.39, 0.29) is 18.2 Å². The van der Waals surface area contributed by atoms with Gasteiger partial charge in [-0.1, -0.05) is 37.3 Å². The molecule has 0 saturated carbocycles. The highest BCUT2D eigenvalue weighted by molar-refractivity contribution is 5.82. The number of rotatable bonds is 7. The molecule has 0 saturated heterocycles. The molecule has 1 aromatic carbocycles. The minimum absolute atomic E-state index is 0.113. The Kier molecular flexibility index (Phi) is 6.02. The highest BCUT2D eigenvalue weighted by atomic mass is 16.4. The highest BCUT2D eigenvalue weighted by Gasteiger charge is 2.16. The molecule has 0 aliphatic rings.